The Morgan fingerprint density at radius 1 is 1.28 bits per heavy atom. The Bertz CT molecular complexity index is 663. The number of nitrogens with one attached hydrogen (secondary N) is 1. The minimum absolute atomic E-state index is 0.129. The van der Waals surface area contributed by atoms with E-state index in [1.165, 1.54) is 31.2 Å². The highest BCUT2D eigenvalue weighted by Gasteiger charge is 2.26. The Balaban J connectivity index is 1.50. The van der Waals surface area contributed by atoms with E-state index in [2.05, 4.69) is 39.7 Å². The molecule has 0 bridgehead atoms. The van der Waals surface area contributed by atoms with Gasteiger partial charge in [0.05, 0.1) is 0 Å². The zero-order chi connectivity index (χ0) is 17.5. The lowest BCUT2D eigenvalue weighted by Crippen LogP contribution is -2.41. The lowest BCUT2D eigenvalue weighted by atomic mass is 9.92. The van der Waals surface area contributed by atoms with Crippen molar-refractivity contribution in [3.05, 3.63) is 47.6 Å². The first-order chi connectivity index (χ1) is 12.2. The lowest BCUT2D eigenvalue weighted by molar-refractivity contribution is -0.122. The third kappa shape index (κ3) is 5.41. The van der Waals surface area contributed by atoms with Gasteiger partial charge >= 0.3 is 0 Å². The van der Waals surface area contributed by atoms with Crippen molar-refractivity contribution in [2.75, 3.05) is 0 Å². The van der Waals surface area contributed by atoms with E-state index < -0.39 is 0 Å². The van der Waals surface area contributed by atoms with Crippen LogP contribution in [0.15, 0.2) is 34.9 Å². The van der Waals surface area contributed by atoms with Crippen LogP contribution < -0.4 is 5.32 Å². The third-order valence-electron chi connectivity index (χ3n) is 4.98. The number of carbonyl (C=O) groups is 1. The van der Waals surface area contributed by atoms with E-state index in [0.29, 0.717) is 30.5 Å². The third-order valence-corrected chi connectivity index (χ3v) is 4.98. The molecule has 25 heavy (non-hydrogen) atoms. The molecule has 1 saturated carbocycles. The molecule has 1 aromatic heterocycles. The Kier molecular flexibility index (Phi) is 6.20. The maximum atomic E-state index is 12.4. The van der Waals surface area contributed by atoms with Crippen LogP contribution in [-0.4, -0.2) is 22.1 Å². The molecule has 1 aliphatic carbocycles. The molecular formula is C20H27N3O2. The molecule has 1 aromatic carbocycles. The quantitative estimate of drug-likeness (QED) is 0.796. The summed E-state index contributed by atoms with van der Waals surface area (Å²) in [6.45, 7) is 1.80. The Morgan fingerprint density at radius 3 is 2.72 bits per heavy atom. The summed E-state index contributed by atoms with van der Waals surface area (Å²) < 4.78 is 5.09. The van der Waals surface area contributed by atoms with E-state index in [1.54, 1.807) is 6.92 Å². The highest BCUT2D eigenvalue weighted by molar-refractivity contribution is 5.76. The molecule has 0 spiro atoms. The van der Waals surface area contributed by atoms with Crippen molar-refractivity contribution >= 4 is 5.91 Å². The minimum atomic E-state index is 0.129. The van der Waals surface area contributed by atoms with Gasteiger partial charge in [0, 0.05) is 18.9 Å². The minimum Gasteiger partial charge on any atom is -0.353 e. The van der Waals surface area contributed by atoms with Crippen molar-refractivity contribution in [1.29, 1.82) is 0 Å². The fourth-order valence-electron chi connectivity index (χ4n) is 3.68. The molecule has 1 fully saturated rings. The first-order valence-corrected chi connectivity index (χ1v) is 9.33. The standard InChI is InChI=1S/C20H27N3O2/c1-15-21-20(25-23-15)13-7-12-19(24)22-18(17-10-5-6-11-17)14-16-8-3-2-4-9-16/h2-4,8-9,17-18H,5-7,10-14H2,1H3,(H,22,24)/t18-/m1/s1. The molecule has 1 heterocycles. The maximum absolute atomic E-state index is 12.4. The second kappa shape index (κ2) is 8.79. The van der Waals surface area contributed by atoms with Gasteiger partial charge in [-0.3, -0.25) is 4.79 Å². The molecule has 1 amide bonds. The van der Waals surface area contributed by atoms with Gasteiger partial charge in [0.15, 0.2) is 5.82 Å². The predicted octanol–water partition coefficient (Wildman–Crippen LogP) is 3.62. The van der Waals surface area contributed by atoms with E-state index in [9.17, 15) is 4.79 Å². The molecular weight excluding hydrogens is 314 g/mol. The van der Waals surface area contributed by atoms with Gasteiger partial charge in [0.1, 0.15) is 0 Å². The van der Waals surface area contributed by atoms with E-state index in [4.69, 9.17) is 4.52 Å². The number of amides is 1. The van der Waals surface area contributed by atoms with E-state index in [0.717, 1.165) is 12.8 Å². The molecule has 3 rings (SSSR count). The van der Waals surface area contributed by atoms with Crippen LogP contribution in [0.3, 0.4) is 0 Å². The van der Waals surface area contributed by atoms with Crippen LogP contribution in [0, 0.1) is 12.8 Å². The maximum Gasteiger partial charge on any atom is 0.226 e. The van der Waals surface area contributed by atoms with Crippen LogP contribution in [0.1, 0.15) is 55.8 Å². The SMILES string of the molecule is Cc1noc(CCCC(=O)N[C@H](Cc2ccccc2)C2CCCC2)n1. The summed E-state index contributed by atoms with van der Waals surface area (Å²) in [4.78, 5) is 16.6. The molecule has 0 radical (unpaired) electrons. The fourth-order valence-corrected chi connectivity index (χ4v) is 3.68. The van der Waals surface area contributed by atoms with E-state index in [1.807, 2.05) is 6.07 Å². The highest BCUT2D eigenvalue weighted by atomic mass is 16.5. The number of benzene rings is 1. The second-order valence-electron chi connectivity index (χ2n) is 7.00. The summed E-state index contributed by atoms with van der Waals surface area (Å²) in [6, 6.07) is 10.7. The van der Waals surface area contributed by atoms with Crippen LogP contribution in [0.25, 0.3) is 0 Å². The van der Waals surface area contributed by atoms with Gasteiger partial charge in [-0.15, -0.1) is 0 Å². The molecule has 2 aromatic rings. The van der Waals surface area contributed by atoms with Crippen molar-refractivity contribution in [2.45, 2.75) is 64.3 Å². The zero-order valence-electron chi connectivity index (χ0n) is 14.9. The van der Waals surface area contributed by atoms with Crippen LogP contribution in [-0.2, 0) is 17.6 Å². The average Bonchev–Trinajstić information content (AvgIpc) is 3.27. The summed E-state index contributed by atoms with van der Waals surface area (Å²) in [6.07, 6.45) is 7.81. The smallest absolute Gasteiger partial charge is 0.226 e. The molecule has 1 N–H and O–H groups in total. The Hall–Kier alpha value is -2.17. The molecule has 134 valence electrons. The zero-order valence-corrected chi connectivity index (χ0v) is 14.9. The van der Waals surface area contributed by atoms with Crippen molar-refractivity contribution in [2.24, 2.45) is 5.92 Å². The van der Waals surface area contributed by atoms with Crippen LogP contribution in [0.2, 0.25) is 0 Å². The molecule has 0 aliphatic heterocycles. The summed E-state index contributed by atoms with van der Waals surface area (Å²) in [5.41, 5.74) is 1.29. The van der Waals surface area contributed by atoms with Gasteiger partial charge in [-0.2, -0.15) is 4.98 Å². The molecule has 1 aliphatic rings. The summed E-state index contributed by atoms with van der Waals surface area (Å²) >= 11 is 0. The first-order valence-electron chi connectivity index (χ1n) is 9.33. The molecule has 1 atom stereocenters. The summed E-state index contributed by atoms with van der Waals surface area (Å²) in [5.74, 6) is 1.98. The van der Waals surface area contributed by atoms with Crippen LogP contribution >= 0.6 is 0 Å². The number of aryl methyl sites for hydroxylation is 2. The van der Waals surface area contributed by atoms with Crippen molar-refractivity contribution < 1.29 is 9.32 Å². The number of hydrogen-bond acceptors (Lipinski definition) is 4. The van der Waals surface area contributed by atoms with Gasteiger partial charge in [-0.1, -0.05) is 48.3 Å². The Labute approximate surface area is 149 Å². The van der Waals surface area contributed by atoms with Gasteiger partial charge < -0.3 is 9.84 Å². The lowest BCUT2D eigenvalue weighted by Gasteiger charge is -2.25. The number of nitrogens with zero attached hydrogens (tertiary/aromatic N) is 2. The fraction of sp³-hybridized carbons (Fsp3) is 0.550. The van der Waals surface area contributed by atoms with Gasteiger partial charge in [0.25, 0.3) is 0 Å². The normalized spacial score (nSPS) is 16.0. The van der Waals surface area contributed by atoms with E-state index >= 15 is 0 Å². The summed E-state index contributed by atoms with van der Waals surface area (Å²) in [7, 11) is 0. The van der Waals surface area contributed by atoms with Crippen molar-refractivity contribution in [3.8, 4) is 0 Å². The highest BCUT2D eigenvalue weighted by Crippen LogP contribution is 2.29. The van der Waals surface area contributed by atoms with Crippen LogP contribution in [0.4, 0.5) is 0 Å². The molecule has 0 unspecified atom stereocenters. The average molecular weight is 341 g/mol. The van der Waals surface area contributed by atoms with Crippen LogP contribution in [0.5, 0.6) is 0 Å². The monoisotopic (exact) mass is 341 g/mol. The topological polar surface area (TPSA) is 68.0 Å². The van der Waals surface area contributed by atoms with Gasteiger partial charge in [-0.05, 0) is 44.1 Å². The number of hydrogen-bond donors (Lipinski definition) is 1. The molecule has 5 nitrogen and oxygen atoms in total. The Morgan fingerprint density at radius 2 is 2.04 bits per heavy atom. The molecule has 0 saturated heterocycles. The van der Waals surface area contributed by atoms with Crippen molar-refractivity contribution in [3.63, 3.8) is 0 Å². The predicted molar refractivity (Wildman–Crippen MR) is 96.0 cm³/mol. The van der Waals surface area contributed by atoms with Crippen molar-refractivity contribution in [1.82, 2.24) is 15.5 Å². The van der Waals surface area contributed by atoms with Gasteiger partial charge in [0.2, 0.25) is 11.8 Å². The number of aromatic nitrogens is 2. The first kappa shape index (κ1) is 17.6. The largest absolute Gasteiger partial charge is 0.353 e. The second-order valence-corrected chi connectivity index (χ2v) is 7.00. The van der Waals surface area contributed by atoms with Gasteiger partial charge in [-0.25, -0.2) is 0 Å². The summed E-state index contributed by atoms with van der Waals surface area (Å²) in [5, 5.41) is 7.07. The number of rotatable bonds is 8. The number of carbonyl (C=O) groups excluding carboxylic acids is 1. The van der Waals surface area contributed by atoms with E-state index in [-0.39, 0.29) is 11.9 Å². The molecule has 5 heteroatoms.